The third-order valence-electron chi connectivity index (χ3n) is 4.51. The molecule has 2 N–H and O–H groups in total. The van der Waals surface area contributed by atoms with Gasteiger partial charge in [0.05, 0.1) is 11.5 Å². The zero-order valence-corrected chi connectivity index (χ0v) is 19.1. The zero-order valence-electron chi connectivity index (χ0n) is 15.9. The number of halogens is 1. The Hall–Kier alpha value is -1.48. The van der Waals surface area contributed by atoms with Crippen LogP contribution in [0.1, 0.15) is 19.8 Å². The Balaban J connectivity index is 0.00000261. The molecule has 0 amide bonds. The van der Waals surface area contributed by atoms with Gasteiger partial charge in [0, 0.05) is 26.2 Å². The first-order valence-electron chi connectivity index (χ1n) is 9.22. The van der Waals surface area contributed by atoms with E-state index >= 15 is 0 Å². The number of hydrogen-bond donors (Lipinski definition) is 2. The van der Waals surface area contributed by atoms with Gasteiger partial charge in [-0.05, 0) is 49.4 Å². The second-order valence-electron chi connectivity index (χ2n) is 6.55. The van der Waals surface area contributed by atoms with Gasteiger partial charge in [-0.3, -0.25) is 4.99 Å². The number of hydrogen-bond acceptors (Lipinski definition) is 4. The first-order valence-corrected chi connectivity index (χ1v) is 10.1. The van der Waals surface area contributed by atoms with E-state index in [-0.39, 0.29) is 30.1 Å². The zero-order chi connectivity index (χ0) is 18.2. The second kappa shape index (κ2) is 11.4. The average Bonchev–Trinajstić information content (AvgIpc) is 3.21. The molecule has 1 aromatic carbocycles. The molecule has 0 bridgehead atoms. The van der Waals surface area contributed by atoms with Crippen LogP contribution in [0.5, 0.6) is 5.75 Å². The number of guanidine groups is 1. The lowest BCUT2D eigenvalue weighted by molar-refractivity contribution is 0.223. The first-order chi connectivity index (χ1) is 12.7. The summed E-state index contributed by atoms with van der Waals surface area (Å²) in [5.41, 5.74) is 0. The topological polar surface area (TPSA) is 48.9 Å². The number of para-hydroxylation sites is 1. The van der Waals surface area contributed by atoms with Crippen molar-refractivity contribution >= 4 is 46.3 Å². The smallest absolute Gasteiger partial charge is 0.191 e. The van der Waals surface area contributed by atoms with E-state index in [2.05, 4.69) is 45.0 Å². The summed E-state index contributed by atoms with van der Waals surface area (Å²) in [6, 6.07) is 14.7. The van der Waals surface area contributed by atoms with Gasteiger partial charge in [0.15, 0.2) is 5.96 Å². The van der Waals surface area contributed by atoms with Crippen molar-refractivity contribution in [3.05, 3.63) is 47.8 Å². The number of aliphatic imine (C=N–C) groups is 1. The van der Waals surface area contributed by atoms with Crippen molar-refractivity contribution in [1.29, 1.82) is 0 Å². The van der Waals surface area contributed by atoms with E-state index in [1.807, 2.05) is 48.7 Å². The maximum absolute atomic E-state index is 5.90. The van der Waals surface area contributed by atoms with Crippen molar-refractivity contribution in [3.8, 4) is 5.75 Å². The summed E-state index contributed by atoms with van der Waals surface area (Å²) in [4.78, 5) is 6.82. The lowest BCUT2D eigenvalue weighted by atomic mass is 10.1. The number of benzene rings is 1. The molecular weight excluding hydrogens is 471 g/mol. The van der Waals surface area contributed by atoms with Crippen LogP contribution in [0.4, 0.5) is 5.00 Å². The molecule has 1 fully saturated rings. The number of nitrogens with one attached hydrogen (secondary N) is 2. The fraction of sp³-hybridized carbons (Fsp3) is 0.450. The average molecular weight is 500 g/mol. The highest BCUT2D eigenvalue weighted by molar-refractivity contribution is 14.0. The molecule has 27 heavy (non-hydrogen) atoms. The van der Waals surface area contributed by atoms with Gasteiger partial charge in [-0.1, -0.05) is 18.2 Å². The highest BCUT2D eigenvalue weighted by Crippen LogP contribution is 2.24. The molecule has 2 heterocycles. The molecular formula is C20H29IN4OS. The van der Waals surface area contributed by atoms with Crippen LogP contribution in [-0.2, 0) is 0 Å². The molecule has 148 valence electrons. The molecule has 2 aromatic rings. The molecule has 1 aliphatic heterocycles. The van der Waals surface area contributed by atoms with E-state index in [9.17, 15) is 0 Å². The Morgan fingerprint density at radius 3 is 2.59 bits per heavy atom. The van der Waals surface area contributed by atoms with E-state index in [0.29, 0.717) is 12.6 Å². The molecule has 1 saturated heterocycles. The van der Waals surface area contributed by atoms with Crippen molar-refractivity contribution in [3.63, 3.8) is 0 Å². The normalized spacial score (nSPS) is 16.4. The predicted octanol–water partition coefficient (Wildman–Crippen LogP) is 3.97. The van der Waals surface area contributed by atoms with Crippen molar-refractivity contribution in [2.75, 3.05) is 31.6 Å². The van der Waals surface area contributed by atoms with Crippen LogP contribution in [0.15, 0.2) is 52.8 Å². The standard InChI is InChI=1S/C20H28N4OS.HI/c1-16(25-18-7-4-3-5-8-18)15-22-20(21-2)23-17-10-12-24(13-11-17)19-9-6-14-26-19;/h3-9,14,16-17H,10-13,15H2,1-2H3,(H2,21,22,23);1H. The van der Waals surface area contributed by atoms with E-state index < -0.39 is 0 Å². The minimum atomic E-state index is 0. The van der Waals surface area contributed by atoms with Gasteiger partial charge >= 0.3 is 0 Å². The van der Waals surface area contributed by atoms with Gasteiger partial charge in [0.25, 0.3) is 0 Å². The molecule has 3 rings (SSSR count). The van der Waals surface area contributed by atoms with Crippen LogP contribution in [0.25, 0.3) is 0 Å². The third kappa shape index (κ3) is 6.88. The summed E-state index contributed by atoms with van der Waals surface area (Å²) in [5, 5.41) is 10.4. The van der Waals surface area contributed by atoms with Gasteiger partial charge < -0.3 is 20.3 Å². The third-order valence-corrected chi connectivity index (χ3v) is 5.44. The monoisotopic (exact) mass is 500 g/mol. The van der Waals surface area contributed by atoms with Crippen LogP contribution >= 0.6 is 35.3 Å². The van der Waals surface area contributed by atoms with Crippen LogP contribution in [0, 0.1) is 0 Å². The SMILES string of the molecule is CN=C(NCC(C)Oc1ccccc1)NC1CCN(c2cccs2)CC1.I. The molecule has 1 unspecified atom stereocenters. The number of ether oxygens (including phenoxy) is 1. The van der Waals surface area contributed by atoms with Crippen LogP contribution in [0.2, 0.25) is 0 Å². The fourth-order valence-corrected chi connectivity index (χ4v) is 3.88. The van der Waals surface area contributed by atoms with Crippen LogP contribution < -0.4 is 20.3 Å². The molecule has 0 spiro atoms. The number of thiophene rings is 1. The molecule has 7 heteroatoms. The Kier molecular flexibility index (Phi) is 9.20. The highest BCUT2D eigenvalue weighted by Gasteiger charge is 2.20. The molecule has 0 saturated carbocycles. The lowest BCUT2D eigenvalue weighted by Gasteiger charge is -2.33. The number of anilines is 1. The maximum Gasteiger partial charge on any atom is 0.191 e. The van der Waals surface area contributed by atoms with Crippen LogP contribution in [-0.4, -0.2) is 44.8 Å². The van der Waals surface area contributed by atoms with Crippen molar-refractivity contribution in [1.82, 2.24) is 10.6 Å². The summed E-state index contributed by atoms with van der Waals surface area (Å²) in [6.45, 7) is 4.95. The van der Waals surface area contributed by atoms with E-state index in [1.54, 1.807) is 0 Å². The summed E-state index contributed by atoms with van der Waals surface area (Å²) in [6.07, 6.45) is 2.31. The van der Waals surface area contributed by atoms with E-state index in [0.717, 1.165) is 37.6 Å². The van der Waals surface area contributed by atoms with Gasteiger partial charge in [-0.15, -0.1) is 35.3 Å². The summed E-state index contributed by atoms with van der Waals surface area (Å²) in [5.74, 6) is 1.74. The molecule has 0 radical (unpaired) electrons. The summed E-state index contributed by atoms with van der Waals surface area (Å²) in [7, 11) is 1.82. The van der Waals surface area contributed by atoms with Gasteiger partial charge in [-0.25, -0.2) is 0 Å². The molecule has 1 aromatic heterocycles. The number of rotatable bonds is 6. The van der Waals surface area contributed by atoms with Crippen molar-refractivity contribution in [2.24, 2.45) is 4.99 Å². The first kappa shape index (κ1) is 21.8. The van der Waals surface area contributed by atoms with Crippen molar-refractivity contribution in [2.45, 2.75) is 31.9 Å². The largest absolute Gasteiger partial charge is 0.489 e. The van der Waals surface area contributed by atoms with Gasteiger partial charge in [-0.2, -0.15) is 0 Å². The van der Waals surface area contributed by atoms with E-state index in [1.165, 1.54) is 5.00 Å². The quantitative estimate of drug-likeness (QED) is 0.358. The maximum atomic E-state index is 5.90. The van der Waals surface area contributed by atoms with Crippen LogP contribution in [0.3, 0.4) is 0 Å². The molecule has 0 aliphatic carbocycles. The fourth-order valence-electron chi connectivity index (χ4n) is 3.10. The number of nitrogens with zero attached hydrogens (tertiary/aromatic N) is 2. The second-order valence-corrected chi connectivity index (χ2v) is 7.48. The Morgan fingerprint density at radius 2 is 1.96 bits per heavy atom. The highest BCUT2D eigenvalue weighted by atomic mass is 127. The minimum Gasteiger partial charge on any atom is -0.489 e. The summed E-state index contributed by atoms with van der Waals surface area (Å²) >= 11 is 1.82. The Labute approximate surface area is 183 Å². The molecule has 5 nitrogen and oxygen atoms in total. The Morgan fingerprint density at radius 1 is 1.22 bits per heavy atom. The molecule has 1 aliphatic rings. The van der Waals surface area contributed by atoms with Crippen molar-refractivity contribution < 1.29 is 4.74 Å². The molecule has 1 atom stereocenters. The van der Waals surface area contributed by atoms with E-state index in [4.69, 9.17) is 4.74 Å². The lowest BCUT2D eigenvalue weighted by Crippen LogP contribution is -2.50. The predicted molar refractivity (Wildman–Crippen MR) is 126 cm³/mol. The number of piperidine rings is 1. The summed E-state index contributed by atoms with van der Waals surface area (Å²) < 4.78 is 5.90. The van der Waals surface area contributed by atoms with Gasteiger partial charge in [0.1, 0.15) is 11.9 Å². The van der Waals surface area contributed by atoms with Gasteiger partial charge in [0.2, 0.25) is 0 Å². The Bertz CT molecular complexity index is 673. The minimum absolute atomic E-state index is 0.